The minimum atomic E-state index is -0.408. The summed E-state index contributed by atoms with van der Waals surface area (Å²) in [4.78, 5) is 5.22. The van der Waals surface area contributed by atoms with E-state index in [4.69, 9.17) is 5.26 Å². The first-order chi connectivity index (χ1) is 8.24. The highest BCUT2D eigenvalue weighted by Gasteiger charge is 2.10. The van der Waals surface area contributed by atoms with Crippen LogP contribution in [0.25, 0.3) is 10.6 Å². The number of nitrogens with one attached hydrogen (secondary N) is 1. The predicted octanol–water partition coefficient (Wildman–Crippen LogP) is 2.54. The SMILES string of the molecule is CNCc1cnc(-c2ccc(C#N)cc2F)s1. The van der Waals surface area contributed by atoms with Crippen LogP contribution in [0.3, 0.4) is 0 Å². The lowest BCUT2D eigenvalue weighted by molar-refractivity contribution is 0.630. The summed E-state index contributed by atoms with van der Waals surface area (Å²) < 4.78 is 13.7. The second kappa shape index (κ2) is 5.04. The lowest BCUT2D eigenvalue weighted by Crippen LogP contribution is -2.02. The van der Waals surface area contributed by atoms with Gasteiger partial charge >= 0.3 is 0 Å². The molecule has 1 aromatic carbocycles. The average molecular weight is 247 g/mol. The maximum Gasteiger partial charge on any atom is 0.134 e. The molecule has 1 N–H and O–H groups in total. The number of hydrogen-bond acceptors (Lipinski definition) is 4. The molecule has 0 amide bonds. The van der Waals surface area contributed by atoms with Crippen LogP contribution in [0, 0.1) is 17.1 Å². The summed E-state index contributed by atoms with van der Waals surface area (Å²) in [6.45, 7) is 0.718. The van der Waals surface area contributed by atoms with Gasteiger partial charge in [-0.15, -0.1) is 11.3 Å². The predicted molar refractivity (Wildman–Crippen MR) is 65.0 cm³/mol. The molecule has 0 aliphatic heterocycles. The van der Waals surface area contributed by atoms with E-state index >= 15 is 0 Å². The number of thiazole rings is 1. The number of nitriles is 1. The minimum Gasteiger partial charge on any atom is -0.315 e. The van der Waals surface area contributed by atoms with Gasteiger partial charge in [-0.1, -0.05) is 0 Å². The number of benzene rings is 1. The van der Waals surface area contributed by atoms with E-state index in [9.17, 15) is 4.39 Å². The molecular weight excluding hydrogens is 237 g/mol. The molecule has 0 saturated heterocycles. The largest absolute Gasteiger partial charge is 0.315 e. The first-order valence-corrected chi connectivity index (χ1v) is 5.85. The van der Waals surface area contributed by atoms with Gasteiger partial charge in [0.15, 0.2) is 0 Å². The van der Waals surface area contributed by atoms with E-state index in [1.165, 1.54) is 17.4 Å². The molecule has 5 heteroatoms. The van der Waals surface area contributed by atoms with E-state index in [0.717, 1.165) is 11.4 Å². The van der Waals surface area contributed by atoms with Crippen molar-refractivity contribution in [2.45, 2.75) is 6.54 Å². The Hall–Kier alpha value is -1.77. The Morgan fingerprint density at radius 2 is 2.35 bits per heavy atom. The van der Waals surface area contributed by atoms with Gasteiger partial charge in [-0.05, 0) is 25.2 Å². The van der Waals surface area contributed by atoms with Gasteiger partial charge in [0.1, 0.15) is 10.8 Å². The molecule has 2 aromatic rings. The second-order valence-electron chi connectivity index (χ2n) is 3.47. The monoisotopic (exact) mass is 247 g/mol. The van der Waals surface area contributed by atoms with Crippen molar-refractivity contribution in [3.8, 4) is 16.6 Å². The Bertz CT molecular complexity index is 571. The molecule has 0 aliphatic carbocycles. The molecule has 1 aromatic heterocycles. The van der Waals surface area contributed by atoms with E-state index in [2.05, 4.69) is 10.3 Å². The maximum atomic E-state index is 13.7. The molecule has 0 spiro atoms. The molecule has 2 rings (SSSR count). The lowest BCUT2D eigenvalue weighted by atomic mass is 10.1. The van der Waals surface area contributed by atoms with Gasteiger partial charge in [0.25, 0.3) is 0 Å². The van der Waals surface area contributed by atoms with Crippen LogP contribution in [0.4, 0.5) is 4.39 Å². The zero-order chi connectivity index (χ0) is 12.3. The van der Waals surface area contributed by atoms with Crippen molar-refractivity contribution in [3.63, 3.8) is 0 Å². The van der Waals surface area contributed by atoms with Gasteiger partial charge < -0.3 is 5.32 Å². The number of halogens is 1. The highest BCUT2D eigenvalue weighted by atomic mass is 32.1. The summed E-state index contributed by atoms with van der Waals surface area (Å²) in [6.07, 6.45) is 1.73. The summed E-state index contributed by atoms with van der Waals surface area (Å²) in [6, 6.07) is 6.32. The number of aromatic nitrogens is 1. The summed E-state index contributed by atoms with van der Waals surface area (Å²) in [5.74, 6) is -0.408. The van der Waals surface area contributed by atoms with Gasteiger partial charge in [0, 0.05) is 23.2 Å². The number of rotatable bonds is 3. The fraction of sp³-hybridized carbons (Fsp3) is 0.167. The molecule has 0 saturated carbocycles. The Morgan fingerprint density at radius 1 is 1.53 bits per heavy atom. The van der Waals surface area contributed by atoms with Crippen LogP contribution in [-0.4, -0.2) is 12.0 Å². The fourth-order valence-corrected chi connectivity index (χ4v) is 2.40. The Balaban J connectivity index is 2.36. The molecule has 0 unspecified atom stereocenters. The fourth-order valence-electron chi connectivity index (χ4n) is 1.45. The average Bonchev–Trinajstić information content (AvgIpc) is 2.78. The van der Waals surface area contributed by atoms with Crippen molar-refractivity contribution in [2.75, 3.05) is 7.05 Å². The molecule has 17 heavy (non-hydrogen) atoms. The lowest BCUT2D eigenvalue weighted by Gasteiger charge is -1.98. The summed E-state index contributed by atoms with van der Waals surface area (Å²) in [7, 11) is 1.85. The third kappa shape index (κ3) is 2.49. The van der Waals surface area contributed by atoms with E-state index in [1.807, 2.05) is 13.1 Å². The molecule has 86 valence electrons. The topological polar surface area (TPSA) is 48.7 Å². The Kier molecular flexibility index (Phi) is 3.47. The van der Waals surface area contributed by atoms with Gasteiger partial charge in [-0.2, -0.15) is 5.26 Å². The van der Waals surface area contributed by atoms with Crippen LogP contribution < -0.4 is 5.32 Å². The van der Waals surface area contributed by atoms with Gasteiger partial charge in [-0.3, -0.25) is 0 Å². The quantitative estimate of drug-likeness (QED) is 0.906. The third-order valence-corrected chi connectivity index (χ3v) is 3.26. The smallest absolute Gasteiger partial charge is 0.134 e. The molecule has 1 heterocycles. The van der Waals surface area contributed by atoms with Crippen LogP contribution in [0.2, 0.25) is 0 Å². The summed E-state index contributed by atoms with van der Waals surface area (Å²) >= 11 is 1.44. The van der Waals surface area contributed by atoms with E-state index in [1.54, 1.807) is 18.3 Å². The van der Waals surface area contributed by atoms with Crippen molar-refractivity contribution < 1.29 is 4.39 Å². The third-order valence-electron chi connectivity index (χ3n) is 2.23. The zero-order valence-corrected chi connectivity index (χ0v) is 10.0. The first-order valence-electron chi connectivity index (χ1n) is 5.04. The van der Waals surface area contributed by atoms with Crippen LogP contribution >= 0.6 is 11.3 Å². The van der Waals surface area contributed by atoms with Crippen molar-refractivity contribution in [1.82, 2.24) is 10.3 Å². The van der Waals surface area contributed by atoms with Gasteiger partial charge in [0.05, 0.1) is 11.6 Å². The van der Waals surface area contributed by atoms with Crippen LogP contribution in [0.1, 0.15) is 10.4 Å². The highest BCUT2D eigenvalue weighted by Crippen LogP contribution is 2.27. The summed E-state index contributed by atoms with van der Waals surface area (Å²) in [5.41, 5.74) is 0.759. The number of nitrogens with zero attached hydrogens (tertiary/aromatic N) is 2. The van der Waals surface area contributed by atoms with Crippen LogP contribution in [0.15, 0.2) is 24.4 Å². The Labute approximate surface area is 103 Å². The van der Waals surface area contributed by atoms with Crippen molar-refractivity contribution in [3.05, 3.63) is 40.7 Å². The maximum absolute atomic E-state index is 13.7. The normalized spacial score (nSPS) is 10.2. The van der Waals surface area contributed by atoms with E-state index in [-0.39, 0.29) is 0 Å². The van der Waals surface area contributed by atoms with Crippen molar-refractivity contribution in [2.24, 2.45) is 0 Å². The molecule has 0 fully saturated rings. The molecule has 0 atom stereocenters. The number of hydrogen-bond donors (Lipinski definition) is 1. The zero-order valence-electron chi connectivity index (χ0n) is 9.20. The summed E-state index contributed by atoms with van der Waals surface area (Å²) in [5, 5.41) is 12.3. The van der Waals surface area contributed by atoms with Gasteiger partial charge in [0.2, 0.25) is 0 Å². The van der Waals surface area contributed by atoms with E-state index in [0.29, 0.717) is 16.1 Å². The van der Waals surface area contributed by atoms with Crippen LogP contribution in [0.5, 0.6) is 0 Å². The van der Waals surface area contributed by atoms with Gasteiger partial charge in [-0.25, -0.2) is 9.37 Å². The first kappa shape index (κ1) is 11.7. The molecule has 0 bridgehead atoms. The second-order valence-corrected chi connectivity index (χ2v) is 4.58. The highest BCUT2D eigenvalue weighted by molar-refractivity contribution is 7.15. The van der Waals surface area contributed by atoms with Crippen LogP contribution in [-0.2, 0) is 6.54 Å². The molecule has 0 aliphatic rings. The van der Waals surface area contributed by atoms with Crippen molar-refractivity contribution >= 4 is 11.3 Å². The minimum absolute atomic E-state index is 0.318. The Morgan fingerprint density at radius 3 is 3.00 bits per heavy atom. The molecular formula is C12H10FN3S. The van der Waals surface area contributed by atoms with E-state index < -0.39 is 5.82 Å². The standard InChI is InChI=1S/C12H10FN3S/c1-15-6-9-7-16-12(17-9)10-3-2-8(5-14)4-11(10)13/h2-4,7,15H,6H2,1H3. The van der Waals surface area contributed by atoms with Crippen molar-refractivity contribution in [1.29, 1.82) is 5.26 Å². The molecule has 0 radical (unpaired) electrons. The molecule has 3 nitrogen and oxygen atoms in total.